The van der Waals surface area contributed by atoms with Gasteiger partial charge in [0, 0.05) is 26.2 Å². The molecule has 3 nitrogen and oxygen atoms in total. The summed E-state index contributed by atoms with van der Waals surface area (Å²) in [6.45, 7) is 3.67. The maximum absolute atomic E-state index is 10.8. The minimum atomic E-state index is -0.460. The van der Waals surface area contributed by atoms with Gasteiger partial charge in [0.25, 0.3) is 0 Å². The second-order valence-corrected chi connectivity index (χ2v) is 6.81. The lowest BCUT2D eigenvalue weighted by Gasteiger charge is -2.42. The van der Waals surface area contributed by atoms with Gasteiger partial charge in [-0.2, -0.15) is 0 Å². The number of nitrogens with zero attached hydrogens (tertiary/aromatic N) is 2. The molecule has 0 aromatic heterocycles. The molecule has 124 valence electrons. The number of halogens is 1. The molecule has 0 unspecified atom stereocenters. The van der Waals surface area contributed by atoms with Crippen molar-refractivity contribution in [2.45, 2.75) is 12.1 Å². The van der Waals surface area contributed by atoms with Crippen molar-refractivity contribution < 1.29 is 5.11 Å². The third-order valence-corrected chi connectivity index (χ3v) is 5.36. The highest BCUT2D eigenvalue weighted by Crippen LogP contribution is 2.32. The Morgan fingerprint density at radius 1 is 0.917 bits per heavy atom. The number of hydrogen-bond acceptors (Lipinski definition) is 3. The van der Waals surface area contributed by atoms with E-state index < -0.39 is 6.10 Å². The van der Waals surface area contributed by atoms with Crippen LogP contribution in [0, 0.1) is 0 Å². The zero-order valence-electron chi connectivity index (χ0n) is 13.5. The average molecular weight is 341 g/mol. The number of piperazine rings is 1. The van der Waals surface area contributed by atoms with Crippen molar-refractivity contribution in [3.8, 4) is 0 Å². The van der Waals surface area contributed by atoms with Gasteiger partial charge in [-0.15, -0.1) is 0 Å². The zero-order chi connectivity index (χ0) is 16.5. The van der Waals surface area contributed by atoms with Crippen LogP contribution in [0.4, 0.5) is 5.69 Å². The molecule has 1 heterocycles. The molecule has 2 aromatic rings. The summed E-state index contributed by atoms with van der Waals surface area (Å²) in [7, 11) is 0. The first kappa shape index (κ1) is 15.7. The lowest BCUT2D eigenvalue weighted by atomic mass is 9.90. The number of anilines is 1. The number of rotatable bonds is 2. The van der Waals surface area contributed by atoms with E-state index in [0.717, 1.165) is 48.0 Å². The molecule has 2 atom stereocenters. The van der Waals surface area contributed by atoms with Crippen molar-refractivity contribution in [3.05, 3.63) is 70.8 Å². The monoisotopic (exact) mass is 340 g/mol. The highest BCUT2D eigenvalue weighted by Gasteiger charge is 2.31. The molecule has 4 heteroatoms. The van der Waals surface area contributed by atoms with E-state index in [0.29, 0.717) is 0 Å². The number of para-hydroxylation sites is 1. The molecule has 1 aliphatic carbocycles. The van der Waals surface area contributed by atoms with Gasteiger partial charge in [0.15, 0.2) is 0 Å². The summed E-state index contributed by atoms with van der Waals surface area (Å²) in [5.41, 5.74) is 3.25. The summed E-state index contributed by atoms with van der Waals surface area (Å²) >= 11 is 6.32. The van der Waals surface area contributed by atoms with Gasteiger partial charge in [0.2, 0.25) is 0 Å². The molecule has 1 N–H and O–H groups in total. The van der Waals surface area contributed by atoms with Crippen LogP contribution in [-0.4, -0.2) is 42.2 Å². The Morgan fingerprint density at radius 2 is 1.62 bits per heavy atom. The van der Waals surface area contributed by atoms with Crippen LogP contribution < -0.4 is 4.90 Å². The van der Waals surface area contributed by atoms with Gasteiger partial charge >= 0.3 is 0 Å². The van der Waals surface area contributed by atoms with E-state index in [2.05, 4.69) is 34.1 Å². The lowest BCUT2D eigenvalue weighted by molar-refractivity contribution is 0.0684. The Kier molecular flexibility index (Phi) is 4.31. The Balaban J connectivity index is 1.46. The minimum Gasteiger partial charge on any atom is -0.386 e. The van der Waals surface area contributed by atoms with E-state index in [4.69, 9.17) is 11.6 Å². The van der Waals surface area contributed by atoms with Crippen LogP contribution in [0.3, 0.4) is 0 Å². The molecule has 2 aliphatic rings. The zero-order valence-corrected chi connectivity index (χ0v) is 14.2. The van der Waals surface area contributed by atoms with E-state index >= 15 is 0 Å². The lowest BCUT2D eigenvalue weighted by Crippen LogP contribution is -2.52. The predicted molar refractivity (Wildman–Crippen MR) is 99.5 cm³/mol. The Labute approximate surface area is 147 Å². The molecule has 4 rings (SSSR count). The molecular weight excluding hydrogens is 320 g/mol. The molecular formula is C20H21ClN2O. The summed E-state index contributed by atoms with van der Waals surface area (Å²) in [5.74, 6) is 0. The fourth-order valence-electron chi connectivity index (χ4n) is 3.71. The second kappa shape index (κ2) is 6.60. The van der Waals surface area contributed by atoms with Gasteiger partial charge in [-0.25, -0.2) is 0 Å². The topological polar surface area (TPSA) is 26.7 Å². The van der Waals surface area contributed by atoms with Gasteiger partial charge in [0.1, 0.15) is 0 Å². The van der Waals surface area contributed by atoms with Gasteiger partial charge in [-0.3, -0.25) is 4.90 Å². The molecule has 0 bridgehead atoms. The first-order valence-corrected chi connectivity index (χ1v) is 8.80. The van der Waals surface area contributed by atoms with Crippen molar-refractivity contribution in [2.24, 2.45) is 0 Å². The van der Waals surface area contributed by atoms with Gasteiger partial charge in [0.05, 0.1) is 22.9 Å². The summed E-state index contributed by atoms with van der Waals surface area (Å²) in [6.07, 6.45) is 3.81. The molecule has 24 heavy (non-hydrogen) atoms. The highest BCUT2D eigenvalue weighted by molar-refractivity contribution is 6.33. The molecule has 0 saturated carbocycles. The number of aliphatic hydroxyl groups excluding tert-OH is 1. The van der Waals surface area contributed by atoms with Crippen LogP contribution >= 0.6 is 11.6 Å². The van der Waals surface area contributed by atoms with Gasteiger partial charge in [-0.05, 0) is 23.3 Å². The largest absolute Gasteiger partial charge is 0.386 e. The quantitative estimate of drug-likeness (QED) is 0.905. The highest BCUT2D eigenvalue weighted by atomic mass is 35.5. The van der Waals surface area contributed by atoms with Crippen LogP contribution in [0.1, 0.15) is 17.2 Å². The smallest absolute Gasteiger partial charge is 0.0986 e. The third kappa shape index (κ3) is 2.84. The molecule has 1 saturated heterocycles. The maximum atomic E-state index is 10.8. The number of fused-ring (bicyclic) bond motifs is 1. The number of benzene rings is 2. The van der Waals surface area contributed by atoms with Crippen molar-refractivity contribution >= 4 is 23.4 Å². The summed E-state index contributed by atoms with van der Waals surface area (Å²) in [4.78, 5) is 4.69. The van der Waals surface area contributed by atoms with Crippen LogP contribution in [-0.2, 0) is 0 Å². The van der Waals surface area contributed by atoms with Crippen LogP contribution in [0.25, 0.3) is 6.08 Å². The Morgan fingerprint density at radius 3 is 2.42 bits per heavy atom. The summed E-state index contributed by atoms with van der Waals surface area (Å²) < 4.78 is 0. The normalized spacial score (nSPS) is 24.0. The van der Waals surface area contributed by atoms with Crippen molar-refractivity contribution in [3.63, 3.8) is 0 Å². The second-order valence-electron chi connectivity index (χ2n) is 6.40. The van der Waals surface area contributed by atoms with Gasteiger partial charge in [-0.1, -0.05) is 60.2 Å². The van der Waals surface area contributed by atoms with Crippen molar-refractivity contribution in [2.75, 3.05) is 31.1 Å². The fraction of sp³-hybridized carbons (Fsp3) is 0.300. The predicted octanol–water partition coefficient (Wildman–Crippen LogP) is 3.59. The van der Waals surface area contributed by atoms with E-state index in [-0.39, 0.29) is 6.04 Å². The van der Waals surface area contributed by atoms with E-state index in [1.165, 1.54) is 0 Å². The SMILES string of the molecule is O[C@H]1c2ccccc2C=C[C@@H]1N1CCN(c2ccccc2Cl)CC1. The molecule has 2 aromatic carbocycles. The van der Waals surface area contributed by atoms with Crippen molar-refractivity contribution in [1.82, 2.24) is 4.90 Å². The van der Waals surface area contributed by atoms with E-state index in [9.17, 15) is 5.11 Å². The maximum Gasteiger partial charge on any atom is 0.0986 e. The number of aliphatic hydroxyl groups is 1. The summed E-state index contributed by atoms with van der Waals surface area (Å²) in [6, 6.07) is 16.1. The fourth-order valence-corrected chi connectivity index (χ4v) is 3.97. The molecule has 0 radical (unpaired) electrons. The van der Waals surface area contributed by atoms with Gasteiger partial charge < -0.3 is 10.0 Å². The Hall–Kier alpha value is -1.81. The average Bonchev–Trinajstić information content (AvgIpc) is 2.63. The molecule has 0 amide bonds. The Bertz CT molecular complexity index is 753. The molecule has 0 spiro atoms. The van der Waals surface area contributed by atoms with E-state index in [1.54, 1.807) is 0 Å². The first-order valence-electron chi connectivity index (χ1n) is 8.43. The van der Waals surface area contributed by atoms with Crippen LogP contribution in [0.5, 0.6) is 0 Å². The standard InChI is InChI=1S/C20H21ClN2O/c21-17-7-3-4-8-18(17)22-11-13-23(14-12-22)19-10-9-15-5-1-2-6-16(15)20(19)24/h1-10,19-20,24H,11-14H2/t19-,20-/m0/s1. The number of hydrogen-bond donors (Lipinski definition) is 1. The van der Waals surface area contributed by atoms with E-state index in [1.807, 2.05) is 36.4 Å². The van der Waals surface area contributed by atoms with Crippen molar-refractivity contribution in [1.29, 1.82) is 0 Å². The van der Waals surface area contributed by atoms with Crippen LogP contribution in [0.15, 0.2) is 54.6 Å². The minimum absolute atomic E-state index is 0.0493. The summed E-state index contributed by atoms with van der Waals surface area (Å²) in [5, 5.41) is 11.6. The molecule has 1 aliphatic heterocycles. The van der Waals surface area contributed by atoms with Crippen LogP contribution in [0.2, 0.25) is 5.02 Å². The third-order valence-electron chi connectivity index (χ3n) is 5.04. The first-order chi connectivity index (χ1) is 11.7. The molecule has 1 fully saturated rings.